The van der Waals surface area contributed by atoms with Gasteiger partial charge >= 0.3 is 0 Å². The van der Waals surface area contributed by atoms with Crippen molar-refractivity contribution in [1.82, 2.24) is 14.8 Å². The van der Waals surface area contributed by atoms with Crippen molar-refractivity contribution >= 4 is 16.8 Å². The van der Waals surface area contributed by atoms with E-state index in [1.54, 1.807) is 0 Å². The Balaban J connectivity index is 1.16. The lowest BCUT2D eigenvalue weighted by Crippen LogP contribution is -2.51. The minimum Gasteiger partial charge on any atom is -0.489 e. The van der Waals surface area contributed by atoms with E-state index in [0.717, 1.165) is 28.8 Å². The zero-order valence-corrected chi connectivity index (χ0v) is 18.7. The molecule has 0 saturated carbocycles. The second kappa shape index (κ2) is 9.78. The Kier molecular flexibility index (Phi) is 6.44. The van der Waals surface area contributed by atoms with Crippen molar-refractivity contribution in [2.75, 3.05) is 19.6 Å². The highest BCUT2D eigenvalue weighted by molar-refractivity contribution is 5.84. The van der Waals surface area contributed by atoms with Crippen LogP contribution < -0.4 is 10.1 Å². The number of nitrogens with one attached hydrogen (secondary N) is 1. The standard InChI is InChI=1S/C27H33N3O2/c31-27(28-18-23-9-6-15-29-14-5-4-10-25(23)29)19-30-16-13-22-17-24(11-12-26(22)30)32-20-21-7-2-1-3-8-21/h1-3,7-8,11-13,16-17,23,25H,4-6,9-10,14-15,18-20H2,(H,28,31). The summed E-state index contributed by atoms with van der Waals surface area (Å²) in [6.45, 7) is 4.18. The third kappa shape index (κ3) is 4.83. The van der Waals surface area contributed by atoms with Gasteiger partial charge in [0.15, 0.2) is 0 Å². The summed E-state index contributed by atoms with van der Waals surface area (Å²) in [7, 11) is 0. The second-order valence-corrected chi connectivity index (χ2v) is 9.24. The number of amides is 1. The second-order valence-electron chi connectivity index (χ2n) is 9.24. The van der Waals surface area contributed by atoms with E-state index < -0.39 is 0 Å². The number of hydrogen-bond donors (Lipinski definition) is 1. The predicted molar refractivity (Wildman–Crippen MR) is 128 cm³/mol. The number of carbonyl (C=O) groups excluding carboxylic acids is 1. The smallest absolute Gasteiger partial charge is 0.239 e. The molecule has 168 valence electrons. The maximum absolute atomic E-state index is 12.7. The zero-order valence-electron chi connectivity index (χ0n) is 18.7. The van der Waals surface area contributed by atoms with Crippen LogP contribution in [0.2, 0.25) is 0 Å². The fourth-order valence-corrected chi connectivity index (χ4v) is 5.42. The van der Waals surface area contributed by atoms with Crippen LogP contribution in [0.15, 0.2) is 60.8 Å². The molecule has 2 aliphatic heterocycles. The van der Waals surface area contributed by atoms with E-state index in [0.29, 0.717) is 25.1 Å². The third-order valence-electron chi connectivity index (χ3n) is 7.09. The first-order valence-electron chi connectivity index (χ1n) is 12.0. The van der Waals surface area contributed by atoms with Gasteiger partial charge in [-0.15, -0.1) is 0 Å². The highest BCUT2D eigenvalue weighted by Gasteiger charge is 2.32. The summed E-state index contributed by atoms with van der Waals surface area (Å²) >= 11 is 0. The Labute approximate surface area is 190 Å². The van der Waals surface area contributed by atoms with Gasteiger partial charge in [0.25, 0.3) is 0 Å². The van der Waals surface area contributed by atoms with Gasteiger partial charge < -0.3 is 19.5 Å². The summed E-state index contributed by atoms with van der Waals surface area (Å²) in [5, 5.41) is 4.32. The van der Waals surface area contributed by atoms with Crippen LogP contribution in [0.1, 0.15) is 37.7 Å². The maximum Gasteiger partial charge on any atom is 0.239 e. The number of benzene rings is 2. The van der Waals surface area contributed by atoms with Gasteiger partial charge in [-0.2, -0.15) is 0 Å². The molecule has 5 heteroatoms. The Hall–Kier alpha value is -2.79. The van der Waals surface area contributed by atoms with Gasteiger partial charge in [0.05, 0.1) is 0 Å². The lowest BCUT2D eigenvalue weighted by Gasteiger charge is -2.44. The molecular formula is C27H33N3O2. The molecule has 1 amide bonds. The number of carbonyl (C=O) groups is 1. The van der Waals surface area contributed by atoms with E-state index in [4.69, 9.17) is 4.74 Å². The van der Waals surface area contributed by atoms with Crippen LogP contribution in [0.4, 0.5) is 0 Å². The van der Waals surface area contributed by atoms with E-state index >= 15 is 0 Å². The van der Waals surface area contributed by atoms with Crippen LogP contribution in [-0.2, 0) is 17.9 Å². The molecule has 3 heterocycles. The number of ether oxygens (including phenoxy) is 1. The Morgan fingerprint density at radius 3 is 2.78 bits per heavy atom. The van der Waals surface area contributed by atoms with Crippen molar-refractivity contribution < 1.29 is 9.53 Å². The topological polar surface area (TPSA) is 46.5 Å². The van der Waals surface area contributed by atoms with Crippen LogP contribution in [-0.4, -0.2) is 41.1 Å². The summed E-state index contributed by atoms with van der Waals surface area (Å²) in [4.78, 5) is 15.4. The zero-order chi connectivity index (χ0) is 21.8. The molecule has 2 unspecified atom stereocenters. The van der Waals surface area contributed by atoms with Crippen molar-refractivity contribution in [3.8, 4) is 5.75 Å². The van der Waals surface area contributed by atoms with Crippen molar-refractivity contribution in [2.24, 2.45) is 5.92 Å². The summed E-state index contributed by atoms with van der Waals surface area (Å²) in [5.41, 5.74) is 2.21. The molecule has 0 spiro atoms. The molecule has 2 saturated heterocycles. The fourth-order valence-electron chi connectivity index (χ4n) is 5.42. The summed E-state index contributed by atoms with van der Waals surface area (Å²) in [6, 6.07) is 19.0. The Bertz CT molecular complexity index is 1040. The SMILES string of the molecule is O=C(Cn1ccc2cc(OCc3ccccc3)ccc21)NCC1CCCN2CCCCC12. The highest BCUT2D eigenvalue weighted by atomic mass is 16.5. The molecule has 1 aromatic heterocycles. The molecule has 0 aliphatic carbocycles. The molecule has 2 aromatic carbocycles. The first-order valence-corrected chi connectivity index (χ1v) is 12.0. The first-order chi connectivity index (χ1) is 15.8. The van der Waals surface area contributed by atoms with Crippen LogP contribution in [0.5, 0.6) is 5.75 Å². The number of hydrogen-bond acceptors (Lipinski definition) is 3. The maximum atomic E-state index is 12.7. The van der Waals surface area contributed by atoms with E-state index in [1.165, 1.54) is 45.2 Å². The fraction of sp³-hybridized carbons (Fsp3) is 0.444. The average molecular weight is 432 g/mol. The average Bonchev–Trinajstić information content (AvgIpc) is 3.24. The van der Waals surface area contributed by atoms with Crippen molar-refractivity contribution in [3.05, 3.63) is 66.4 Å². The molecule has 5 nitrogen and oxygen atoms in total. The lowest BCUT2D eigenvalue weighted by atomic mass is 9.83. The molecule has 1 N–H and O–H groups in total. The minimum atomic E-state index is 0.0971. The van der Waals surface area contributed by atoms with Gasteiger partial charge in [-0.25, -0.2) is 0 Å². The first kappa shape index (κ1) is 21.1. The number of fused-ring (bicyclic) bond motifs is 2. The predicted octanol–water partition coefficient (Wildman–Crippen LogP) is 4.60. The molecule has 2 fully saturated rings. The molecule has 0 bridgehead atoms. The molecule has 32 heavy (non-hydrogen) atoms. The Morgan fingerprint density at radius 2 is 1.88 bits per heavy atom. The minimum absolute atomic E-state index is 0.0971. The third-order valence-corrected chi connectivity index (χ3v) is 7.09. The van der Waals surface area contributed by atoms with Crippen LogP contribution in [0.25, 0.3) is 10.9 Å². The van der Waals surface area contributed by atoms with Gasteiger partial charge in [-0.05, 0) is 74.5 Å². The Morgan fingerprint density at radius 1 is 1.00 bits per heavy atom. The summed E-state index contributed by atoms with van der Waals surface area (Å²) in [5.74, 6) is 1.54. The molecule has 2 aliphatic rings. The number of aromatic nitrogens is 1. The van der Waals surface area contributed by atoms with Gasteiger partial charge in [0.1, 0.15) is 18.9 Å². The van der Waals surface area contributed by atoms with E-state index in [9.17, 15) is 4.79 Å². The van der Waals surface area contributed by atoms with Gasteiger partial charge in [-0.3, -0.25) is 4.79 Å². The van der Waals surface area contributed by atoms with E-state index in [-0.39, 0.29) is 5.91 Å². The quantitative estimate of drug-likeness (QED) is 0.595. The summed E-state index contributed by atoms with van der Waals surface area (Å²) in [6.07, 6.45) is 8.44. The lowest BCUT2D eigenvalue weighted by molar-refractivity contribution is -0.122. The molecule has 2 atom stereocenters. The largest absolute Gasteiger partial charge is 0.489 e. The molecule has 5 rings (SSSR count). The van der Waals surface area contributed by atoms with E-state index in [2.05, 4.69) is 28.4 Å². The molecular weight excluding hydrogens is 398 g/mol. The monoisotopic (exact) mass is 431 g/mol. The summed E-state index contributed by atoms with van der Waals surface area (Å²) < 4.78 is 7.97. The van der Waals surface area contributed by atoms with Gasteiger partial charge in [0, 0.05) is 29.7 Å². The van der Waals surface area contributed by atoms with Crippen molar-refractivity contribution in [3.63, 3.8) is 0 Å². The van der Waals surface area contributed by atoms with Gasteiger partial charge in [-0.1, -0.05) is 36.8 Å². The number of piperidine rings is 2. The van der Waals surface area contributed by atoms with Crippen molar-refractivity contribution in [1.29, 1.82) is 0 Å². The van der Waals surface area contributed by atoms with Gasteiger partial charge in [0.2, 0.25) is 5.91 Å². The molecule has 0 radical (unpaired) electrons. The van der Waals surface area contributed by atoms with Crippen LogP contribution >= 0.6 is 0 Å². The van der Waals surface area contributed by atoms with Crippen molar-refractivity contribution in [2.45, 2.75) is 51.3 Å². The highest BCUT2D eigenvalue weighted by Crippen LogP contribution is 2.30. The van der Waals surface area contributed by atoms with Crippen LogP contribution in [0.3, 0.4) is 0 Å². The van der Waals surface area contributed by atoms with Crippen LogP contribution in [0, 0.1) is 5.92 Å². The molecule has 3 aromatic rings. The van der Waals surface area contributed by atoms with E-state index in [1.807, 2.05) is 47.2 Å². The number of nitrogens with zero attached hydrogens (tertiary/aromatic N) is 2. The number of rotatable bonds is 7. The normalized spacial score (nSPS) is 21.2.